The average Bonchev–Trinajstić information content (AvgIpc) is 3.43. The summed E-state index contributed by atoms with van der Waals surface area (Å²) in [6.07, 6.45) is 0.983. The number of aromatic amines is 1. The number of aryl methyl sites for hydroxylation is 1. The average molecular weight is 394 g/mol. The topological polar surface area (TPSA) is 78.5 Å². The monoisotopic (exact) mass is 394 g/mol. The minimum atomic E-state index is -0.659. The fourth-order valence-electron chi connectivity index (χ4n) is 5.15. The summed E-state index contributed by atoms with van der Waals surface area (Å²) in [5, 5.41) is 0. The first kappa shape index (κ1) is 18.4. The number of rotatable bonds is 3. The third-order valence-electron chi connectivity index (χ3n) is 6.65. The lowest BCUT2D eigenvalue weighted by Crippen LogP contribution is -2.51. The van der Waals surface area contributed by atoms with Crippen LogP contribution in [0.15, 0.2) is 30.3 Å². The van der Waals surface area contributed by atoms with Gasteiger partial charge in [0.25, 0.3) is 5.91 Å². The lowest BCUT2D eigenvalue weighted by Gasteiger charge is -2.34. The molecule has 0 saturated carbocycles. The summed E-state index contributed by atoms with van der Waals surface area (Å²) in [5.74, 6) is 0.965. The summed E-state index contributed by atoms with van der Waals surface area (Å²) in [4.78, 5) is 37.8. The first-order valence-corrected chi connectivity index (χ1v) is 10.3. The van der Waals surface area contributed by atoms with Gasteiger partial charge in [-0.3, -0.25) is 9.59 Å². The van der Waals surface area contributed by atoms with E-state index in [-0.39, 0.29) is 23.9 Å². The Labute approximate surface area is 170 Å². The summed E-state index contributed by atoms with van der Waals surface area (Å²) in [7, 11) is 0. The lowest BCUT2D eigenvalue weighted by molar-refractivity contribution is -0.139. The van der Waals surface area contributed by atoms with Gasteiger partial charge in [-0.25, -0.2) is 4.98 Å². The molecule has 3 fully saturated rings. The second-order valence-corrected chi connectivity index (χ2v) is 8.62. The van der Waals surface area contributed by atoms with E-state index in [0.29, 0.717) is 43.4 Å². The largest absolute Gasteiger partial charge is 0.351 e. The summed E-state index contributed by atoms with van der Waals surface area (Å²) < 4.78 is 6.24. The Bertz CT molecular complexity index is 970. The predicted molar refractivity (Wildman–Crippen MR) is 107 cm³/mol. The summed E-state index contributed by atoms with van der Waals surface area (Å²) in [6.45, 7) is 7.21. The molecule has 0 bridgehead atoms. The zero-order valence-corrected chi connectivity index (χ0v) is 17.0. The van der Waals surface area contributed by atoms with Gasteiger partial charge >= 0.3 is 0 Å². The van der Waals surface area contributed by atoms with Crippen LogP contribution in [0.1, 0.15) is 42.9 Å². The van der Waals surface area contributed by atoms with Gasteiger partial charge in [0.2, 0.25) is 5.91 Å². The van der Waals surface area contributed by atoms with Crippen LogP contribution < -0.4 is 0 Å². The quantitative estimate of drug-likeness (QED) is 0.868. The van der Waals surface area contributed by atoms with Crippen LogP contribution in [-0.4, -0.2) is 62.5 Å². The molecule has 0 aliphatic carbocycles. The number of H-pyrrole nitrogens is 1. The maximum Gasteiger partial charge on any atom is 0.274 e. The molecule has 3 aliphatic rings. The SMILES string of the molecule is Cc1[nH]c(-c2ccccc2)nc1C(=O)N1CC[C@@]23OC[C@@H](C(C)C)N2C(=O)C[C@@H]13. The van der Waals surface area contributed by atoms with Gasteiger partial charge in [0, 0.05) is 24.2 Å². The van der Waals surface area contributed by atoms with Crippen molar-refractivity contribution in [3.63, 3.8) is 0 Å². The third-order valence-corrected chi connectivity index (χ3v) is 6.65. The first-order valence-electron chi connectivity index (χ1n) is 10.3. The molecule has 2 aromatic rings. The van der Waals surface area contributed by atoms with Gasteiger partial charge in [-0.15, -0.1) is 0 Å². The maximum absolute atomic E-state index is 13.4. The zero-order valence-electron chi connectivity index (χ0n) is 17.0. The minimum absolute atomic E-state index is 0.0827. The van der Waals surface area contributed by atoms with E-state index >= 15 is 0 Å². The van der Waals surface area contributed by atoms with Crippen molar-refractivity contribution in [3.8, 4) is 11.4 Å². The highest BCUT2D eigenvalue weighted by atomic mass is 16.5. The number of ether oxygens (including phenoxy) is 1. The molecule has 29 heavy (non-hydrogen) atoms. The molecule has 1 N–H and O–H groups in total. The molecule has 2 amide bonds. The van der Waals surface area contributed by atoms with Crippen LogP contribution in [0.3, 0.4) is 0 Å². The summed E-state index contributed by atoms with van der Waals surface area (Å²) >= 11 is 0. The standard InChI is InChI=1S/C22H26N4O3/c1-13(2)16-12-29-22-9-10-25(17(22)11-18(27)26(16)22)21(28)19-14(3)23-20(24-19)15-7-5-4-6-8-15/h4-8,13,16-17H,9-12H2,1-3H3,(H,23,24)/t16-,17+,22-/m0/s1. The number of aromatic nitrogens is 2. The van der Waals surface area contributed by atoms with Gasteiger partial charge in [0.05, 0.1) is 25.1 Å². The number of imidazole rings is 1. The van der Waals surface area contributed by atoms with Crippen molar-refractivity contribution in [2.24, 2.45) is 5.92 Å². The molecule has 7 heteroatoms. The van der Waals surface area contributed by atoms with E-state index in [1.807, 2.05) is 42.2 Å². The molecular formula is C22H26N4O3. The fraction of sp³-hybridized carbons (Fsp3) is 0.500. The number of amides is 2. The maximum atomic E-state index is 13.4. The Kier molecular flexibility index (Phi) is 4.07. The van der Waals surface area contributed by atoms with Crippen LogP contribution in [0.25, 0.3) is 11.4 Å². The van der Waals surface area contributed by atoms with Crippen LogP contribution in [0.5, 0.6) is 0 Å². The molecule has 3 aliphatic heterocycles. The highest BCUT2D eigenvalue weighted by Gasteiger charge is 2.65. The van der Waals surface area contributed by atoms with Crippen molar-refractivity contribution in [3.05, 3.63) is 41.7 Å². The van der Waals surface area contributed by atoms with Gasteiger partial charge in [0.1, 0.15) is 11.5 Å². The molecule has 3 atom stereocenters. The Balaban J connectivity index is 1.44. The van der Waals surface area contributed by atoms with Gasteiger partial charge < -0.3 is 19.5 Å². The highest BCUT2D eigenvalue weighted by Crippen LogP contribution is 2.49. The molecule has 0 unspecified atom stereocenters. The molecule has 152 valence electrons. The Morgan fingerprint density at radius 2 is 2.07 bits per heavy atom. The Morgan fingerprint density at radius 3 is 2.79 bits per heavy atom. The minimum Gasteiger partial charge on any atom is -0.351 e. The Hall–Kier alpha value is -2.67. The lowest BCUT2D eigenvalue weighted by atomic mass is 10.0. The third kappa shape index (κ3) is 2.56. The molecule has 7 nitrogen and oxygen atoms in total. The van der Waals surface area contributed by atoms with E-state index in [2.05, 4.69) is 23.8 Å². The fourth-order valence-corrected chi connectivity index (χ4v) is 5.15. The van der Waals surface area contributed by atoms with Crippen LogP contribution >= 0.6 is 0 Å². The molecule has 3 saturated heterocycles. The van der Waals surface area contributed by atoms with Crippen molar-refractivity contribution in [2.45, 2.75) is 51.4 Å². The number of carbonyl (C=O) groups excluding carboxylic acids is 2. The van der Waals surface area contributed by atoms with E-state index in [0.717, 1.165) is 11.3 Å². The van der Waals surface area contributed by atoms with Gasteiger partial charge in [-0.2, -0.15) is 0 Å². The molecule has 4 heterocycles. The molecule has 1 aromatic carbocycles. The molecule has 1 aromatic heterocycles. The van der Waals surface area contributed by atoms with Crippen LogP contribution in [0, 0.1) is 12.8 Å². The molecule has 5 rings (SSSR count). The number of benzene rings is 1. The number of likely N-dealkylation sites (tertiary alicyclic amines) is 1. The number of carbonyl (C=O) groups is 2. The van der Waals surface area contributed by atoms with Gasteiger partial charge in [-0.05, 0) is 12.8 Å². The van der Waals surface area contributed by atoms with Gasteiger partial charge in [0.15, 0.2) is 5.72 Å². The second-order valence-electron chi connectivity index (χ2n) is 8.62. The number of hydrogen-bond donors (Lipinski definition) is 1. The summed E-state index contributed by atoms with van der Waals surface area (Å²) in [5.41, 5.74) is 1.44. The van der Waals surface area contributed by atoms with Crippen LogP contribution in [-0.2, 0) is 9.53 Å². The molecule has 1 spiro atoms. The highest BCUT2D eigenvalue weighted by molar-refractivity contribution is 5.96. The van der Waals surface area contributed by atoms with Crippen molar-refractivity contribution in [1.82, 2.24) is 19.8 Å². The zero-order chi connectivity index (χ0) is 20.3. The normalized spacial score (nSPS) is 28.3. The molecule has 0 radical (unpaired) electrons. The van der Waals surface area contributed by atoms with Crippen LogP contribution in [0.4, 0.5) is 0 Å². The van der Waals surface area contributed by atoms with E-state index in [4.69, 9.17) is 4.74 Å². The van der Waals surface area contributed by atoms with Crippen molar-refractivity contribution < 1.29 is 14.3 Å². The number of nitrogens with zero attached hydrogens (tertiary/aromatic N) is 3. The molecular weight excluding hydrogens is 368 g/mol. The van der Waals surface area contributed by atoms with Crippen LogP contribution in [0.2, 0.25) is 0 Å². The predicted octanol–water partition coefficient (Wildman–Crippen LogP) is 2.58. The summed E-state index contributed by atoms with van der Waals surface area (Å²) in [6, 6.07) is 9.60. The second kappa shape index (κ2) is 6.42. The van der Waals surface area contributed by atoms with Gasteiger partial charge in [-0.1, -0.05) is 44.2 Å². The number of nitrogens with one attached hydrogen (secondary N) is 1. The Morgan fingerprint density at radius 1 is 1.31 bits per heavy atom. The van der Waals surface area contributed by atoms with E-state index in [9.17, 15) is 9.59 Å². The van der Waals surface area contributed by atoms with E-state index in [1.165, 1.54) is 0 Å². The smallest absolute Gasteiger partial charge is 0.274 e. The van der Waals surface area contributed by atoms with Crippen molar-refractivity contribution in [2.75, 3.05) is 13.2 Å². The van der Waals surface area contributed by atoms with E-state index < -0.39 is 5.72 Å². The van der Waals surface area contributed by atoms with Crippen molar-refractivity contribution >= 4 is 11.8 Å². The number of hydrogen-bond acceptors (Lipinski definition) is 4. The first-order chi connectivity index (χ1) is 13.9. The van der Waals surface area contributed by atoms with Crippen molar-refractivity contribution in [1.29, 1.82) is 0 Å². The van der Waals surface area contributed by atoms with E-state index in [1.54, 1.807) is 4.90 Å².